The molecule has 0 aromatic rings. The quantitative estimate of drug-likeness (QED) is 0.0745. The summed E-state index contributed by atoms with van der Waals surface area (Å²) in [5.74, 6) is 0. The zero-order valence-electron chi connectivity index (χ0n) is 26.0. The van der Waals surface area contributed by atoms with Gasteiger partial charge in [-0.15, -0.1) is 0 Å². The first-order valence-electron chi connectivity index (χ1n) is 16.0. The third kappa shape index (κ3) is 15.2. The van der Waals surface area contributed by atoms with Crippen molar-refractivity contribution in [3.05, 3.63) is 23.6 Å². The Bertz CT molecular complexity index is 487. The number of hydrogen-bond donors (Lipinski definition) is 0. The molecule has 0 fully saturated rings. The van der Waals surface area contributed by atoms with Gasteiger partial charge < -0.3 is 17.7 Å². The van der Waals surface area contributed by atoms with Crippen molar-refractivity contribution in [3.63, 3.8) is 0 Å². The normalized spacial score (nSPS) is 13.8. The van der Waals surface area contributed by atoms with Crippen molar-refractivity contribution < 1.29 is 17.7 Å². The minimum absolute atomic E-state index is 0.151. The molecule has 0 atom stereocenters. The highest BCUT2D eigenvalue weighted by Gasteiger charge is 2.58. The van der Waals surface area contributed by atoms with Crippen LogP contribution in [-0.2, 0) is 17.7 Å². The molecule has 0 amide bonds. The van der Waals surface area contributed by atoms with Crippen LogP contribution in [-0.4, -0.2) is 43.5 Å². The van der Waals surface area contributed by atoms with Gasteiger partial charge in [-0.2, -0.15) is 0 Å². The molecule has 0 unspecified atom stereocenters. The molecular weight excluding hydrogens is 493 g/mol. The van der Waals surface area contributed by atoms with E-state index in [1.165, 1.54) is 25.7 Å². The van der Waals surface area contributed by atoms with E-state index in [4.69, 9.17) is 17.7 Å². The molecule has 0 aromatic carbocycles. The molecule has 0 aromatic heterocycles. The van der Waals surface area contributed by atoms with Crippen LogP contribution in [0, 0.1) is 0 Å². The first kappa shape index (κ1) is 36.8. The van der Waals surface area contributed by atoms with Gasteiger partial charge in [-0.25, -0.2) is 0 Å². The van der Waals surface area contributed by atoms with Crippen molar-refractivity contribution in [2.24, 2.45) is 0 Å². The van der Waals surface area contributed by atoms with Gasteiger partial charge in [-0.1, -0.05) is 112 Å². The molecule has 6 heteroatoms. The summed E-state index contributed by atoms with van der Waals surface area (Å²) in [4.78, 5) is 0. The highest BCUT2D eigenvalue weighted by Crippen LogP contribution is 2.41. The topological polar surface area (TPSA) is 36.9 Å². The molecule has 0 spiro atoms. The van der Waals surface area contributed by atoms with E-state index in [9.17, 15) is 0 Å². The Morgan fingerprint density at radius 2 is 0.757 bits per heavy atom. The maximum absolute atomic E-state index is 6.97. The highest BCUT2D eigenvalue weighted by molar-refractivity contribution is 6.93. The second kappa shape index (κ2) is 24.8. The molecule has 4 nitrogen and oxygen atoms in total. The van der Waals surface area contributed by atoms with Crippen LogP contribution < -0.4 is 0 Å². The molecule has 0 heterocycles. The van der Waals surface area contributed by atoms with Crippen LogP contribution in [0.1, 0.15) is 145 Å². The van der Waals surface area contributed by atoms with E-state index in [0.717, 1.165) is 97.1 Å². The van der Waals surface area contributed by atoms with E-state index in [2.05, 4.69) is 72.0 Å². The van der Waals surface area contributed by atoms with Crippen LogP contribution >= 0.6 is 0 Å². The maximum atomic E-state index is 6.97. The maximum Gasteiger partial charge on any atom is 0.370 e. The third-order valence-electron chi connectivity index (χ3n) is 6.83. The zero-order chi connectivity index (χ0) is 27.7. The summed E-state index contributed by atoms with van der Waals surface area (Å²) in [7, 11) is -5.59. The molecular formula is C31H64O4Si2. The molecule has 220 valence electrons. The van der Waals surface area contributed by atoms with Gasteiger partial charge in [0, 0.05) is 26.4 Å². The van der Waals surface area contributed by atoms with E-state index in [1.54, 1.807) is 0 Å². The minimum atomic E-state index is -2.79. The van der Waals surface area contributed by atoms with Gasteiger partial charge in [0.2, 0.25) is 0 Å². The summed E-state index contributed by atoms with van der Waals surface area (Å²) in [6, 6.07) is 0. The molecule has 0 N–H and O–H groups in total. The predicted octanol–water partition coefficient (Wildman–Crippen LogP) is 10.0. The second-order valence-corrected chi connectivity index (χ2v) is 17.0. The van der Waals surface area contributed by atoms with Crippen molar-refractivity contribution in [3.8, 4) is 0 Å². The monoisotopic (exact) mass is 556 g/mol. The van der Waals surface area contributed by atoms with E-state index in [-0.39, 0.29) is 5.16 Å². The Hall–Kier alpha value is -0.246. The Balaban J connectivity index is 6.71. The summed E-state index contributed by atoms with van der Waals surface area (Å²) in [5.41, 5.74) is 4.77. The summed E-state index contributed by atoms with van der Waals surface area (Å²) >= 11 is 0. The molecule has 0 aliphatic heterocycles. The Morgan fingerprint density at radius 3 is 1.00 bits per heavy atom. The molecule has 0 saturated carbocycles. The third-order valence-corrected chi connectivity index (χ3v) is 16.0. The molecule has 37 heavy (non-hydrogen) atoms. The Kier molecular flexibility index (Phi) is 24.6. The van der Waals surface area contributed by atoms with Gasteiger partial charge in [-0.05, 0) is 56.3 Å². The second-order valence-electron chi connectivity index (χ2n) is 10.3. The lowest BCUT2D eigenvalue weighted by Gasteiger charge is -2.43. The fraction of sp³-hybridized carbons (Fsp3) is 0.871. The number of rotatable bonds is 27. The average molecular weight is 557 g/mol. The lowest BCUT2D eigenvalue weighted by molar-refractivity contribution is 0.141. The van der Waals surface area contributed by atoms with Gasteiger partial charge >= 0.3 is 17.1 Å². The van der Waals surface area contributed by atoms with Crippen molar-refractivity contribution in [1.82, 2.24) is 0 Å². The van der Waals surface area contributed by atoms with E-state index in [1.807, 2.05) is 0 Å². The lowest BCUT2D eigenvalue weighted by atomic mass is 10.2. The van der Waals surface area contributed by atoms with Gasteiger partial charge in [0.25, 0.3) is 0 Å². The largest absolute Gasteiger partial charge is 0.391 e. The van der Waals surface area contributed by atoms with Crippen molar-refractivity contribution in [1.29, 1.82) is 0 Å². The van der Waals surface area contributed by atoms with Gasteiger partial charge in [0.05, 0.1) is 5.16 Å². The van der Waals surface area contributed by atoms with Crippen molar-refractivity contribution >= 4 is 17.1 Å². The smallest absolute Gasteiger partial charge is 0.370 e. The summed E-state index contributed by atoms with van der Waals surface area (Å²) in [6.07, 6.45) is 21.3. The first-order chi connectivity index (χ1) is 18.1. The molecule has 0 rings (SSSR count). The number of hydrogen-bond acceptors (Lipinski definition) is 4. The van der Waals surface area contributed by atoms with E-state index in [0.29, 0.717) is 0 Å². The molecule has 0 saturated heterocycles. The van der Waals surface area contributed by atoms with Crippen LogP contribution in [0.15, 0.2) is 23.6 Å². The van der Waals surface area contributed by atoms with Gasteiger partial charge in [0.1, 0.15) is 0 Å². The Labute approximate surface area is 234 Å². The first-order valence-corrected chi connectivity index (χ1v) is 19.9. The lowest BCUT2D eigenvalue weighted by Crippen LogP contribution is -2.60. The molecule has 0 aliphatic rings. The van der Waals surface area contributed by atoms with Gasteiger partial charge in [-0.3, -0.25) is 0 Å². The van der Waals surface area contributed by atoms with Crippen molar-refractivity contribution in [2.75, 3.05) is 26.4 Å². The van der Waals surface area contributed by atoms with Crippen LogP contribution in [0.3, 0.4) is 0 Å². The standard InChI is InChI=1S/C31H64O4Si2/c1-8-15-21-23-29-36(32-25-17-10-3,33-26-18-11-4)31(14-7)37(34-27-19-12-5,35-28-20-13-6)30-24-22-16-9-2/h23-24,29-31H,8-22,25-28H2,1-7H3. The fourth-order valence-corrected chi connectivity index (χ4v) is 14.0. The predicted molar refractivity (Wildman–Crippen MR) is 166 cm³/mol. The summed E-state index contributed by atoms with van der Waals surface area (Å²) in [6.45, 7) is 18.7. The molecule has 0 aliphatic carbocycles. The zero-order valence-corrected chi connectivity index (χ0v) is 28.0. The number of unbranched alkanes of at least 4 members (excludes halogenated alkanes) is 8. The van der Waals surface area contributed by atoms with Crippen LogP contribution in [0.2, 0.25) is 5.16 Å². The molecule has 0 bridgehead atoms. The van der Waals surface area contributed by atoms with Crippen LogP contribution in [0.4, 0.5) is 0 Å². The summed E-state index contributed by atoms with van der Waals surface area (Å²) in [5, 5.41) is 0.151. The SMILES string of the molecule is CCCCC=C[Si](OCCCC)(OCCCC)C(CC)[Si](C=CCCCC)(OCCCC)OCCCC. The molecule has 0 radical (unpaired) electrons. The number of allylic oxidation sites excluding steroid dienone is 2. The van der Waals surface area contributed by atoms with E-state index >= 15 is 0 Å². The average Bonchev–Trinajstić information content (AvgIpc) is 2.90. The minimum Gasteiger partial charge on any atom is -0.391 e. The van der Waals surface area contributed by atoms with Gasteiger partial charge in [0.15, 0.2) is 0 Å². The summed E-state index contributed by atoms with van der Waals surface area (Å²) < 4.78 is 27.9. The Morgan fingerprint density at radius 1 is 0.459 bits per heavy atom. The van der Waals surface area contributed by atoms with E-state index < -0.39 is 17.1 Å². The fourth-order valence-electron chi connectivity index (χ4n) is 4.40. The highest BCUT2D eigenvalue weighted by atomic mass is 28.4. The van der Waals surface area contributed by atoms with Crippen LogP contribution in [0.25, 0.3) is 0 Å². The van der Waals surface area contributed by atoms with Crippen molar-refractivity contribution in [2.45, 2.75) is 150 Å². The van der Waals surface area contributed by atoms with Crippen LogP contribution in [0.5, 0.6) is 0 Å².